The lowest BCUT2D eigenvalue weighted by molar-refractivity contribution is 0.229. The molecule has 1 unspecified atom stereocenters. The summed E-state index contributed by atoms with van der Waals surface area (Å²) in [4.78, 5) is 11.5. The molecule has 2 heterocycles. The number of thiophene rings is 1. The average Bonchev–Trinajstić information content (AvgIpc) is 2.78. The average molecular weight is 304 g/mol. The number of hydrogen-bond acceptors (Lipinski definition) is 5. The maximum atomic E-state index is 4.65. The molecule has 0 saturated heterocycles. The molecule has 2 N–H and O–H groups in total. The Bertz CT molecular complexity index is 647. The van der Waals surface area contributed by atoms with Crippen LogP contribution in [0.4, 0.5) is 11.8 Å². The van der Waals surface area contributed by atoms with E-state index < -0.39 is 0 Å². The number of hydrogen-bond donors (Lipinski definition) is 2. The molecule has 0 aromatic carbocycles. The van der Waals surface area contributed by atoms with Crippen molar-refractivity contribution in [2.45, 2.75) is 52.5 Å². The predicted octanol–water partition coefficient (Wildman–Crippen LogP) is 4.42. The summed E-state index contributed by atoms with van der Waals surface area (Å²) in [6.07, 6.45) is 5.05. The Kier molecular flexibility index (Phi) is 3.78. The molecular weight excluding hydrogens is 280 g/mol. The standard InChI is InChI=1S/C16H24N4S/c1-10-8-12-13(19-15(17-4)20-14(12)21-10)18-11-6-5-7-16(2,3)9-11/h8,11H,5-7,9H2,1-4H3,(H2,17,18,19,20). The van der Waals surface area contributed by atoms with Gasteiger partial charge in [0.05, 0.1) is 5.39 Å². The number of aryl methyl sites for hydroxylation is 1. The summed E-state index contributed by atoms with van der Waals surface area (Å²) < 4.78 is 0. The highest BCUT2D eigenvalue weighted by Gasteiger charge is 2.28. The Morgan fingerprint density at radius 2 is 2.14 bits per heavy atom. The van der Waals surface area contributed by atoms with Gasteiger partial charge < -0.3 is 10.6 Å². The van der Waals surface area contributed by atoms with Crippen LogP contribution in [0.15, 0.2) is 6.07 Å². The third-order valence-electron chi connectivity index (χ3n) is 4.29. The summed E-state index contributed by atoms with van der Waals surface area (Å²) in [6.45, 7) is 6.85. The van der Waals surface area contributed by atoms with Gasteiger partial charge in [0, 0.05) is 18.0 Å². The fraction of sp³-hybridized carbons (Fsp3) is 0.625. The second-order valence-electron chi connectivity index (χ2n) is 6.82. The zero-order valence-electron chi connectivity index (χ0n) is 13.3. The van der Waals surface area contributed by atoms with Crippen LogP contribution in [-0.2, 0) is 0 Å². The number of aromatic nitrogens is 2. The molecule has 114 valence electrons. The number of nitrogens with zero attached hydrogens (tertiary/aromatic N) is 2. The van der Waals surface area contributed by atoms with Crippen LogP contribution in [0.1, 0.15) is 44.4 Å². The van der Waals surface area contributed by atoms with Crippen molar-refractivity contribution in [2.75, 3.05) is 17.7 Å². The van der Waals surface area contributed by atoms with Gasteiger partial charge in [-0.15, -0.1) is 11.3 Å². The van der Waals surface area contributed by atoms with Crippen molar-refractivity contribution in [3.8, 4) is 0 Å². The summed E-state index contributed by atoms with van der Waals surface area (Å²) in [5.74, 6) is 1.68. The third-order valence-corrected chi connectivity index (χ3v) is 5.23. The van der Waals surface area contributed by atoms with Gasteiger partial charge in [-0.2, -0.15) is 4.98 Å². The first-order valence-corrected chi connectivity index (χ1v) is 8.51. The summed E-state index contributed by atoms with van der Waals surface area (Å²) in [6, 6.07) is 2.70. The Morgan fingerprint density at radius 3 is 2.86 bits per heavy atom. The minimum atomic E-state index is 0.429. The molecule has 0 radical (unpaired) electrons. The van der Waals surface area contributed by atoms with E-state index in [9.17, 15) is 0 Å². The van der Waals surface area contributed by atoms with E-state index in [1.54, 1.807) is 11.3 Å². The van der Waals surface area contributed by atoms with E-state index >= 15 is 0 Å². The van der Waals surface area contributed by atoms with Gasteiger partial charge in [0.25, 0.3) is 0 Å². The molecule has 4 nitrogen and oxygen atoms in total. The first-order valence-electron chi connectivity index (χ1n) is 7.69. The molecule has 0 spiro atoms. The van der Waals surface area contributed by atoms with Gasteiger partial charge in [-0.3, -0.25) is 0 Å². The van der Waals surface area contributed by atoms with Crippen LogP contribution in [0.2, 0.25) is 0 Å². The van der Waals surface area contributed by atoms with Gasteiger partial charge in [0.2, 0.25) is 5.95 Å². The zero-order valence-corrected chi connectivity index (χ0v) is 14.1. The number of fused-ring (bicyclic) bond motifs is 1. The largest absolute Gasteiger partial charge is 0.367 e. The Balaban J connectivity index is 1.92. The van der Waals surface area contributed by atoms with Gasteiger partial charge in [-0.25, -0.2) is 4.98 Å². The number of rotatable bonds is 3. The second-order valence-corrected chi connectivity index (χ2v) is 8.06. The highest BCUT2D eigenvalue weighted by molar-refractivity contribution is 7.18. The van der Waals surface area contributed by atoms with E-state index in [2.05, 4.69) is 47.4 Å². The molecular formula is C16H24N4S. The van der Waals surface area contributed by atoms with E-state index in [1.807, 2.05) is 7.05 Å². The van der Waals surface area contributed by atoms with Gasteiger partial charge in [-0.05, 0) is 37.7 Å². The van der Waals surface area contributed by atoms with Crippen molar-refractivity contribution in [1.29, 1.82) is 0 Å². The minimum Gasteiger partial charge on any atom is -0.367 e. The van der Waals surface area contributed by atoms with Crippen molar-refractivity contribution in [2.24, 2.45) is 5.41 Å². The zero-order chi connectivity index (χ0) is 15.0. The van der Waals surface area contributed by atoms with E-state index in [0.717, 1.165) is 16.0 Å². The van der Waals surface area contributed by atoms with Crippen LogP contribution in [0.25, 0.3) is 10.2 Å². The third kappa shape index (κ3) is 3.12. The summed E-state index contributed by atoms with van der Waals surface area (Å²) >= 11 is 1.73. The molecule has 1 fully saturated rings. The fourth-order valence-corrected chi connectivity index (χ4v) is 4.16. The Labute approximate surface area is 130 Å². The van der Waals surface area contributed by atoms with Crippen LogP contribution in [0.3, 0.4) is 0 Å². The molecule has 2 aromatic rings. The highest BCUT2D eigenvalue weighted by atomic mass is 32.1. The lowest BCUT2D eigenvalue weighted by Crippen LogP contribution is -2.32. The Hall–Kier alpha value is -1.36. The van der Waals surface area contributed by atoms with Crippen molar-refractivity contribution in [3.63, 3.8) is 0 Å². The molecule has 0 amide bonds. The lowest BCUT2D eigenvalue weighted by Gasteiger charge is -2.35. The van der Waals surface area contributed by atoms with Gasteiger partial charge in [0.15, 0.2) is 0 Å². The normalized spacial score (nSPS) is 21.4. The van der Waals surface area contributed by atoms with Crippen LogP contribution in [-0.4, -0.2) is 23.1 Å². The lowest BCUT2D eigenvalue weighted by atomic mass is 9.75. The molecule has 0 bridgehead atoms. The smallest absolute Gasteiger partial charge is 0.225 e. The van der Waals surface area contributed by atoms with Crippen LogP contribution in [0.5, 0.6) is 0 Å². The molecule has 1 aliphatic rings. The molecule has 5 heteroatoms. The molecule has 0 aliphatic heterocycles. The molecule has 21 heavy (non-hydrogen) atoms. The van der Waals surface area contributed by atoms with Crippen LogP contribution >= 0.6 is 11.3 Å². The molecule has 2 aromatic heterocycles. The predicted molar refractivity (Wildman–Crippen MR) is 91.4 cm³/mol. The topological polar surface area (TPSA) is 49.8 Å². The summed E-state index contributed by atoms with van der Waals surface area (Å²) in [7, 11) is 1.87. The van der Waals surface area contributed by atoms with Crippen molar-refractivity contribution in [3.05, 3.63) is 10.9 Å². The second kappa shape index (κ2) is 5.44. The van der Waals surface area contributed by atoms with E-state index in [-0.39, 0.29) is 0 Å². The molecule has 1 saturated carbocycles. The summed E-state index contributed by atoms with van der Waals surface area (Å²) in [5.41, 5.74) is 0.429. The van der Waals surface area contributed by atoms with Crippen molar-refractivity contribution >= 4 is 33.3 Å². The fourth-order valence-electron chi connectivity index (χ4n) is 3.28. The van der Waals surface area contributed by atoms with Crippen LogP contribution in [0, 0.1) is 12.3 Å². The van der Waals surface area contributed by atoms with E-state index in [4.69, 9.17) is 0 Å². The highest BCUT2D eigenvalue weighted by Crippen LogP contribution is 2.37. The molecule has 3 rings (SSSR count). The molecule has 1 atom stereocenters. The monoisotopic (exact) mass is 304 g/mol. The van der Waals surface area contributed by atoms with Gasteiger partial charge in [-0.1, -0.05) is 20.3 Å². The minimum absolute atomic E-state index is 0.429. The summed E-state index contributed by atoms with van der Waals surface area (Å²) in [5, 5.41) is 7.90. The van der Waals surface area contributed by atoms with E-state index in [0.29, 0.717) is 17.4 Å². The Morgan fingerprint density at radius 1 is 1.33 bits per heavy atom. The number of anilines is 2. The van der Waals surface area contributed by atoms with Gasteiger partial charge in [0.1, 0.15) is 10.6 Å². The SMILES string of the molecule is CNc1nc(NC2CCCC(C)(C)C2)c2cc(C)sc2n1. The maximum Gasteiger partial charge on any atom is 0.225 e. The van der Waals surface area contributed by atoms with Crippen molar-refractivity contribution < 1.29 is 0 Å². The first kappa shape index (κ1) is 14.6. The quantitative estimate of drug-likeness (QED) is 0.881. The van der Waals surface area contributed by atoms with Gasteiger partial charge >= 0.3 is 0 Å². The first-order chi connectivity index (χ1) is 9.97. The van der Waals surface area contributed by atoms with E-state index in [1.165, 1.54) is 30.6 Å². The van der Waals surface area contributed by atoms with Crippen molar-refractivity contribution in [1.82, 2.24) is 9.97 Å². The maximum absolute atomic E-state index is 4.65. The van der Waals surface area contributed by atoms with Crippen LogP contribution < -0.4 is 10.6 Å². The number of nitrogens with one attached hydrogen (secondary N) is 2. The molecule has 1 aliphatic carbocycles.